The maximum atomic E-state index is 9.66. The number of aliphatic hydroxyl groups is 1. The number of aliphatic hydroxyl groups excluding tert-OH is 1. The van der Waals surface area contributed by atoms with Gasteiger partial charge in [-0.2, -0.15) is 9.97 Å². The molecule has 3 N–H and O–H groups in total. The molecule has 3 heterocycles. The highest BCUT2D eigenvalue weighted by atomic mass is 16.3. The van der Waals surface area contributed by atoms with Gasteiger partial charge in [-0.25, -0.2) is 4.98 Å². The van der Waals surface area contributed by atoms with Crippen LogP contribution in [0.5, 0.6) is 0 Å². The number of rotatable bonds is 10. The van der Waals surface area contributed by atoms with Crippen LogP contribution in [0.25, 0.3) is 22.4 Å². The van der Waals surface area contributed by atoms with Crippen LogP contribution in [-0.2, 0) is 6.54 Å². The SMILES string of the molecule is CC[C@H](CO)Nc1nc(NCc2ccc(-c3ccccn3)cc2C(C)C)c2ncn(C(C)C)c2n1. The van der Waals surface area contributed by atoms with Crippen LogP contribution in [0.3, 0.4) is 0 Å². The van der Waals surface area contributed by atoms with E-state index in [1.54, 1.807) is 0 Å². The molecule has 0 fully saturated rings. The van der Waals surface area contributed by atoms with Crippen molar-refractivity contribution in [2.45, 2.75) is 65.6 Å². The van der Waals surface area contributed by atoms with Gasteiger partial charge in [-0.3, -0.25) is 4.98 Å². The number of imidazole rings is 1. The van der Waals surface area contributed by atoms with Crippen molar-refractivity contribution in [2.24, 2.45) is 0 Å². The fraction of sp³-hybridized carbons (Fsp3) is 0.407. The Balaban J connectivity index is 1.67. The maximum absolute atomic E-state index is 9.66. The minimum absolute atomic E-state index is 0.0183. The lowest BCUT2D eigenvalue weighted by atomic mass is 9.94. The van der Waals surface area contributed by atoms with Gasteiger partial charge in [0.1, 0.15) is 0 Å². The molecule has 0 spiro atoms. The van der Waals surface area contributed by atoms with Crippen molar-refractivity contribution in [3.05, 3.63) is 60.0 Å². The summed E-state index contributed by atoms with van der Waals surface area (Å²) in [4.78, 5) is 18.6. The van der Waals surface area contributed by atoms with E-state index in [9.17, 15) is 5.11 Å². The second-order valence-electron chi connectivity index (χ2n) is 9.38. The molecular weight excluding hydrogens is 438 g/mol. The highest BCUT2D eigenvalue weighted by Crippen LogP contribution is 2.28. The third-order valence-electron chi connectivity index (χ3n) is 6.20. The minimum Gasteiger partial charge on any atom is -0.394 e. The number of aromatic nitrogens is 5. The molecule has 0 unspecified atom stereocenters. The van der Waals surface area contributed by atoms with Gasteiger partial charge in [-0.05, 0) is 55.5 Å². The summed E-state index contributed by atoms with van der Waals surface area (Å²) < 4.78 is 2.04. The van der Waals surface area contributed by atoms with Crippen LogP contribution < -0.4 is 10.6 Å². The van der Waals surface area contributed by atoms with E-state index in [0.29, 0.717) is 24.2 Å². The summed E-state index contributed by atoms with van der Waals surface area (Å²) in [7, 11) is 0. The quantitative estimate of drug-likeness (QED) is 0.284. The molecule has 1 atom stereocenters. The second-order valence-corrected chi connectivity index (χ2v) is 9.38. The summed E-state index contributed by atoms with van der Waals surface area (Å²) >= 11 is 0. The fourth-order valence-corrected chi connectivity index (χ4v) is 4.11. The number of nitrogens with zero attached hydrogens (tertiary/aromatic N) is 5. The number of hydrogen-bond acceptors (Lipinski definition) is 7. The molecule has 0 saturated carbocycles. The first-order valence-corrected chi connectivity index (χ1v) is 12.3. The Morgan fingerprint density at radius 2 is 1.86 bits per heavy atom. The van der Waals surface area contributed by atoms with Gasteiger partial charge < -0.3 is 20.3 Å². The van der Waals surface area contributed by atoms with Crippen molar-refractivity contribution in [3.8, 4) is 11.3 Å². The highest BCUT2D eigenvalue weighted by Gasteiger charge is 2.17. The zero-order valence-corrected chi connectivity index (χ0v) is 21.2. The van der Waals surface area contributed by atoms with E-state index in [0.717, 1.165) is 28.8 Å². The van der Waals surface area contributed by atoms with E-state index in [2.05, 4.69) is 66.5 Å². The Morgan fingerprint density at radius 3 is 2.51 bits per heavy atom. The second kappa shape index (κ2) is 10.8. The number of pyridine rings is 1. The van der Waals surface area contributed by atoms with Gasteiger partial charge in [0.2, 0.25) is 5.95 Å². The fourth-order valence-electron chi connectivity index (χ4n) is 4.11. The summed E-state index contributed by atoms with van der Waals surface area (Å²) in [5.74, 6) is 1.51. The van der Waals surface area contributed by atoms with Gasteiger partial charge in [-0.15, -0.1) is 0 Å². The van der Waals surface area contributed by atoms with Crippen molar-refractivity contribution in [2.75, 3.05) is 17.2 Å². The number of nitrogens with one attached hydrogen (secondary N) is 2. The summed E-state index contributed by atoms with van der Waals surface area (Å²) in [6.45, 7) is 11.3. The molecule has 0 aliphatic rings. The average molecular weight is 474 g/mol. The van der Waals surface area contributed by atoms with Gasteiger partial charge in [-0.1, -0.05) is 39.0 Å². The van der Waals surface area contributed by atoms with Crippen LogP contribution in [0.1, 0.15) is 64.1 Å². The van der Waals surface area contributed by atoms with Crippen molar-refractivity contribution >= 4 is 22.9 Å². The molecule has 184 valence electrons. The minimum atomic E-state index is -0.109. The Hall–Kier alpha value is -3.52. The van der Waals surface area contributed by atoms with Crippen molar-refractivity contribution in [1.82, 2.24) is 24.5 Å². The first-order chi connectivity index (χ1) is 16.9. The Kier molecular flexibility index (Phi) is 7.60. The number of fused-ring (bicyclic) bond motifs is 1. The highest BCUT2D eigenvalue weighted by molar-refractivity contribution is 5.84. The van der Waals surface area contributed by atoms with E-state index in [4.69, 9.17) is 9.97 Å². The first kappa shape index (κ1) is 24.6. The lowest BCUT2D eigenvalue weighted by Gasteiger charge is -2.18. The van der Waals surface area contributed by atoms with Crippen molar-refractivity contribution < 1.29 is 5.11 Å². The zero-order valence-electron chi connectivity index (χ0n) is 21.2. The van der Waals surface area contributed by atoms with E-state index >= 15 is 0 Å². The monoisotopic (exact) mass is 473 g/mol. The normalized spacial score (nSPS) is 12.5. The van der Waals surface area contributed by atoms with Gasteiger partial charge in [0.05, 0.1) is 24.7 Å². The predicted molar refractivity (Wildman–Crippen MR) is 142 cm³/mol. The molecule has 8 heteroatoms. The third-order valence-corrected chi connectivity index (χ3v) is 6.20. The van der Waals surface area contributed by atoms with Crippen LogP contribution in [0.15, 0.2) is 48.9 Å². The van der Waals surface area contributed by atoms with E-state index in [-0.39, 0.29) is 18.7 Å². The molecule has 0 saturated heterocycles. The molecule has 0 radical (unpaired) electrons. The topological polar surface area (TPSA) is 101 Å². The van der Waals surface area contributed by atoms with Crippen LogP contribution in [0, 0.1) is 0 Å². The van der Waals surface area contributed by atoms with Gasteiger partial charge in [0.25, 0.3) is 0 Å². The molecule has 0 amide bonds. The lowest BCUT2D eigenvalue weighted by molar-refractivity contribution is 0.271. The van der Waals surface area contributed by atoms with E-state index in [1.165, 1.54) is 11.1 Å². The maximum Gasteiger partial charge on any atom is 0.227 e. The van der Waals surface area contributed by atoms with Crippen LogP contribution in [0.2, 0.25) is 0 Å². The van der Waals surface area contributed by atoms with Crippen LogP contribution >= 0.6 is 0 Å². The molecule has 35 heavy (non-hydrogen) atoms. The summed E-state index contributed by atoms with van der Waals surface area (Å²) in [5, 5.41) is 16.4. The molecule has 0 bridgehead atoms. The van der Waals surface area contributed by atoms with Crippen LogP contribution in [-0.4, -0.2) is 42.3 Å². The molecule has 0 aliphatic heterocycles. The summed E-state index contributed by atoms with van der Waals surface area (Å²) in [6.07, 6.45) is 4.40. The molecular formula is C27H35N7O. The Morgan fingerprint density at radius 1 is 1.03 bits per heavy atom. The molecule has 1 aromatic carbocycles. The van der Waals surface area contributed by atoms with Crippen LogP contribution in [0.4, 0.5) is 11.8 Å². The molecule has 4 aromatic rings. The van der Waals surface area contributed by atoms with Crippen molar-refractivity contribution in [3.63, 3.8) is 0 Å². The number of hydrogen-bond donors (Lipinski definition) is 3. The van der Waals surface area contributed by atoms with E-state index in [1.807, 2.05) is 42.2 Å². The number of anilines is 2. The standard InChI is InChI=1S/C27H35N7O/c1-6-21(15-35)31-27-32-25(24-26(33-27)34(16-30-24)18(4)5)29-14-20-11-10-19(13-22(20)17(2)3)23-9-7-8-12-28-23/h7-13,16-18,21,35H,6,14-15H2,1-5H3,(H2,29,31,32,33)/t21-/m1/s1. The van der Waals surface area contributed by atoms with Gasteiger partial charge >= 0.3 is 0 Å². The largest absolute Gasteiger partial charge is 0.394 e. The predicted octanol–water partition coefficient (Wildman–Crippen LogP) is 5.39. The molecule has 3 aromatic heterocycles. The van der Waals surface area contributed by atoms with E-state index < -0.39 is 0 Å². The smallest absolute Gasteiger partial charge is 0.227 e. The summed E-state index contributed by atoms with van der Waals surface area (Å²) in [6, 6.07) is 12.6. The zero-order chi connectivity index (χ0) is 24.9. The Labute approximate surface area is 206 Å². The van der Waals surface area contributed by atoms with Crippen molar-refractivity contribution in [1.29, 1.82) is 0 Å². The Bertz CT molecular complexity index is 1260. The molecule has 4 rings (SSSR count). The molecule has 8 nitrogen and oxygen atoms in total. The molecule has 0 aliphatic carbocycles. The number of benzene rings is 1. The first-order valence-electron chi connectivity index (χ1n) is 12.3. The van der Waals surface area contributed by atoms with Gasteiger partial charge in [0.15, 0.2) is 17.0 Å². The average Bonchev–Trinajstić information content (AvgIpc) is 3.30. The third kappa shape index (κ3) is 5.43. The summed E-state index contributed by atoms with van der Waals surface area (Å²) in [5.41, 5.74) is 6.05. The van der Waals surface area contributed by atoms with Gasteiger partial charge in [0, 0.05) is 24.3 Å². The lowest BCUT2D eigenvalue weighted by Crippen LogP contribution is -2.24.